The molecule has 9 heteroatoms. The number of hydrogen-bond acceptors (Lipinski definition) is 6. The first-order chi connectivity index (χ1) is 15.0. The summed E-state index contributed by atoms with van der Waals surface area (Å²) in [4.78, 5) is 21.1. The highest BCUT2D eigenvalue weighted by Crippen LogP contribution is 2.19. The summed E-state index contributed by atoms with van der Waals surface area (Å²) in [5.41, 5.74) is 7.19. The Morgan fingerprint density at radius 2 is 1.90 bits per heavy atom. The average molecular weight is 424 g/mol. The number of ether oxygens (including phenoxy) is 2. The number of amidine groups is 1. The minimum absolute atomic E-state index is 0.0540. The van der Waals surface area contributed by atoms with Crippen molar-refractivity contribution in [2.75, 3.05) is 13.7 Å². The number of halogens is 1. The smallest absolute Gasteiger partial charge is 0.261 e. The maximum Gasteiger partial charge on any atom is 0.261 e. The average Bonchev–Trinajstić information content (AvgIpc) is 2.80. The van der Waals surface area contributed by atoms with E-state index in [9.17, 15) is 9.18 Å². The summed E-state index contributed by atoms with van der Waals surface area (Å²) < 4.78 is 23.7. The van der Waals surface area contributed by atoms with Crippen LogP contribution in [0.15, 0.2) is 72.0 Å². The Balaban J connectivity index is 1.47. The van der Waals surface area contributed by atoms with Crippen molar-refractivity contribution in [3.63, 3.8) is 0 Å². The third-order valence-electron chi connectivity index (χ3n) is 4.10. The first-order valence-electron chi connectivity index (χ1n) is 9.29. The van der Waals surface area contributed by atoms with E-state index < -0.39 is 0 Å². The molecule has 0 fully saturated rings. The van der Waals surface area contributed by atoms with Crippen LogP contribution in [0.2, 0.25) is 0 Å². The van der Waals surface area contributed by atoms with Crippen LogP contribution in [0.1, 0.15) is 11.1 Å². The molecule has 2 aromatic carbocycles. The number of pyridine rings is 1. The zero-order chi connectivity index (χ0) is 22.1. The van der Waals surface area contributed by atoms with Gasteiger partial charge < -0.3 is 25.4 Å². The highest BCUT2D eigenvalue weighted by atomic mass is 19.1. The fourth-order valence-corrected chi connectivity index (χ4v) is 2.52. The second kappa shape index (κ2) is 10.6. The Hall–Kier alpha value is -4.14. The van der Waals surface area contributed by atoms with Crippen LogP contribution in [0.3, 0.4) is 0 Å². The van der Waals surface area contributed by atoms with Gasteiger partial charge in [0.05, 0.1) is 7.11 Å². The quantitative estimate of drug-likeness (QED) is 0.311. The summed E-state index contributed by atoms with van der Waals surface area (Å²) in [7, 11) is 1.57. The summed E-state index contributed by atoms with van der Waals surface area (Å²) in [6, 6.07) is 16.2. The number of aromatic nitrogens is 1. The molecule has 3 rings (SSSR count). The normalized spacial score (nSPS) is 11.0. The molecule has 8 nitrogen and oxygen atoms in total. The molecule has 1 aromatic heterocycles. The third-order valence-corrected chi connectivity index (χ3v) is 4.10. The predicted octanol–water partition coefficient (Wildman–Crippen LogP) is 2.97. The lowest BCUT2D eigenvalue weighted by molar-refractivity contribution is -0.125. The van der Waals surface area contributed by atoms with Crippen LogP contribution in [0, 0.1) is 5.82 Å². The van der Waals surface area contributed by atoms with Gasteiger partial charge in [-0.15, -0.1) is 0 Å². The standard InChI is InChI=1S/C22H21FN4O4/c1-29-19-5-3-2-4-15(19)12-25-20(28)14-30-27-22(24)16-6-11-21(26-13-16)31-18-9-7-17(23)8-10-18/h2-11,13H,12,14H2,1H3,(H2,24,27)(H,25,28). The van der Waals surface area contributed by atoms with E-state index in [0.717, 1.165) is 5.56 Å². The number of benzene rings is 2. The summed E-state index contributed by atoms with van der Waals surface area (Å²) in [5.74, 6) is 0.783. The van der Waals surface area contributed by atoms with Crippen molar-refractivity contribution in [2.24, 2.45) is 10.9 Å². The van der Waals surface area contributed by atoms with Gasteiger partial charge in [0.1, 0.15) is 17.3 Å². The van der Waals surface area contributed by atoms with E-state index in [2.05, 4.69) is 15.5 Å². The highest BCUT2D eigenvalue weighted by molar-refractivity contribution is 5.96. The molecule has 0 atom stereocenters. The number of amides is 1. The van der Waals surface area contributed by atoms with Crippen LogP contribution >= 0.6 is 0 Å². The number of methoxy groups -OCH3 is 1. The van der Waals surface area contributed by atoms with Gasteiger partial charge in [0, 0.05) is 29.9 Å². The van der Waals surface area contributed by atoms with Gasteiger partial charge in [-0.2, -0.15) is 0 Å². The number of nitrogens with one attached hydrogen (secondary N) is 1. The fraction of sp³-hybridized carbons (Fsp3) is 0.136. The van der Waals surface area contributed by atoms with Crippen LogP contribution in [-0.4, -0.2) is 30.4 Å². The molecule has 160 valence electrons. The van der Waals surface area contributed by atoms with E-state index in [4.69, 9.17) is 20.0 Å². The maximum atomic E-state index is 12.9. The number of para-hydroxylation sites is 1. The molecule has 3 N–H and O–H groups in total. The van der Waals surface area contributed by atoms with Gasteiger partial charge in [0.15, 0.2) is 12.4 Å². The molecule has 3 aromatic rings. The Labute approximate surface area is 178 Å². The van der Waals surface area contributed by atoms with E-state index in [-0.39, 0.29) is 24.2 Å². The largest absolute Gasteiger partial charge is 0.496 e. The van der Waals surface area contributed by atoms with E-state index >= 15 is 0 Å². The Morgan fingerprint density at radius 3 is 2.61 bits per heavy atom. The number of nitrogens with zero attached hydrogens (tertiary/aromatic N) is 2. The summed E-state index contributed by atoms with van der Waals surface area (Å²) in [6.07, 6.45) is 1.45. The van der Waals surface area contributed by atoms with Gasteiger partial charge in [-0.3, -0.25) is 4.79 Å². The van der Waals surface area contributed by atoms with Gasteiger partial charge >= 0.3 is 0 Å². The number of carbonyl (C=O) groups is 1. The van der Waals surface area contributed by atoms with Crippen LogP contribution in [-0.2, 0) is 16.2 Å². The van der Waals surface area contributed by atoms with Crippen LogP contribution in [0.4, 0.5) is 4.39 Å². The zero-order valence-corrected chi connectivity index (χ0v) is 16.7. The molecule has 0 aliphatic carbocycles. The lowest BCUT2D eigenvalue weighted by atomic mass is 10.2. The zero-order valence-electron chi connectivity index (χ0n) is 16.7. The molecule has 31 heavy (non-hydrogen) atoms. The van der Waals surface area contributed by atoms with Crippen molar-refractivity contribution in [1.29, 1.82) is 0 Å². The Morgan fingerprint density at radius 1 is 1.13 bits per heavy atom. The second-order valence-electron chi connectivity index (χ2n) is 6.28. The van der Waals surface area contributed by atoms with Crippen molar-refractivity contribution in [1.82, 2.24) is 10.3 Å². The van der Waals surface area contributed by atoms with E-state index in [1.54, 1.807) is 19.2 Å². The molecule has 0 spiro atoms. The van der Waals surface area contributed by atoms with Crippen molar-refractivity contribution < 1.29 is 23.5 Å². The van der Waals surface area contributed by atoms with Gasteiger partial charge in [-0.1, -0.05) is 23.4 Å². The van der Waals surface area contributed by atoms with Gasteiger partial charge in [0.2, 0.25) is 5.88 Å². The van der Waals surface area contributed by atoms with Gasteiger partial charge in [-0.05, 0) is 36.4 Å². The second-order valence-corrected chi connectivity index (χ2v) is 6.28. The number of rotatable bonds is 9. The molecule has 1 heterocycles. The molecule has 0 bridgehead atoms. The Bertz CT molecular complexity index is 1040. The van der Waals surface area contributed by atoms with Gasteiger partial charge in [-0.25, -0.2) is 9.37 Å². The minimum Gasteiger partial charge on any atom is -0.496 e. The summed E-state index contributed by atoms with van der Waals surface area (Å²) in [5, 5.41) is 6.45. The molecule has 0 radical (unpaired) electrons. The first kappa shape index (κ1) is 21.6. The van der Waals surface area contributed by atoms with Crippen molar-refractivity contribution in [2.45, 2.75) is 6.54 Å². The fourth-order valence-electron chi connectivity index (χ4n) is 2.52. The van der Waals surface area contributed by atoms with Crippen LogP contribution in [0.25, 0.3) is 0 Å². The Kier molecular flexibility index (Phi) is 7.36. The van der Waals surface area contributed by atoms with E-state index in [0.29, 0.717) is 29.5 Å². The first-order valence-corrected chi connectivity index (χ1v) is 9.29. The molecule has 0 aliphatic rings. The van der Waals surface area contributed by atoms with Crippen molar-refractivity contribution in [3.05, 3.63) is 83.8 Å². The van der Waals surface area contributed by atoms with Gasteiger partial charge in [0.25, 0.3) is 5.91 Å². The predicted molar refractivity (Wildman–Crippen MR) is 112 cm³/mol. The molecule has 0 unspecified atom stereocenters. The summed E-state index contributed by atoms with van der Waals surface area (Å²) in [6.45, 7) is -0.000119. The maximum absolute atomic E-state index is 12.9. The van der Waals surface area contributed by atoms with Crippen LogP contribution in [0.5, 0.6) is 17.4 Å². The molecular weight excluding hydrogens is 403 g/mol. The van der Waals surface area contributed by atoms with Crippen molar-refractivity contribution >= 4 is 11.7 Å². The minimum atomic E-state index is -0.358. The highest BCUT2D eigenvalue weighted by Gasteiger charge is 2.07. The topological polar surface area (TPSA) is 108 Å². The number of hydrogen-bond donors (Lipinski definition) is 2. The van der Waals surface area contributed by atoms with E-state index in [1.807, 2.05) is 24.3 Å². The monoisotopic (exact) mass is 424 g/mol. The molecular formula is C22H21FN4O4. The SMILES string of the molecule is COc1ccccc1CNC(=O)CO/N=C(/N)c1ccc(Oc2ccc(F)cc2)nc1. The number of nitrogens with two attached hydrogens (primary N) is 1. The van der Waals surface area contributed by atoms with E-state index in [1.165, 1.54) is 30.5 Å². The van der Waals surface area contributed by atoms with Crippen LogP contribution < -0.4 is 20.5 Å². The summed E-state index contributed by atoms with van der Waals surface area (Å²) >= 11 is 0. The third kappa shape index (κ3) is 6.43. The lowest BCUT2D eigenvalue weighted by Crippen LogP contribution is -2.27. The number of oxime groups is 1. The molecule has 0 aliphatic heterocycles. The lowest BCUT2D eigenvalue weighted by Gasteiger charge is -2.09. The van der Waals surface area contributed by atoms with Crippen molar-refractivity contribution in [3.8, 4) is 17.4 Å². The number of carbonyl (C=O) groups excluding carboxylic acids is 1. The molecule has 0 saturated heterocycles. The molecule has 1 amide bonds. The molecule has 0 saturated carbocycles.